The molecule has 2 N–H and O–H groups in total. The Balaban J connectivity index is 2.21. The maximum atomic E-state index is 12.5. The molecule has 0 aromatic heterocycles. The van der Waals surface area contributed by atoms with Crippen molar-refractivity contribution < 1.29 is 31.5 Å². The SMILES string of the molecule is O=C(O)[C@H](Cc1ccccc1)NS(=O)(=O)c1ccc(C(F)(F)F)cc1. The number of hydrogen-bond acceptors (Lipinski definition) is 3. The number of sulfonamides is 1. The number of hydrogen-bond donors (Lipinski definition) is 2. The molecule has 0 amide bonds. The minimum Gasteiger partial charge on any atom is -0.480 e. The summed E-state index contributed by atoms with van der Waals surface area (Å²) in [5.41, 5.74) is -0.393. The summed E-state index contributed by atoms with van der Waals surface area (Å²) in [6.07, 6.45) is -4.69. The Hall–Kier alpha value is -2.39. The fourth-order valence-electron chi connectivity index (χ4n) is 2.11. The van der Waals surface area contributed by atoms with Crippen molar-refractivity contribution in [1.29, 1.82) is 0 Å². The molecule has 0 aliphatic rings. The van der Waals surface area contributed by atoms with Gasteiger partial charge in [0.05, 0.1) is 10.5 Å². The molecule has 0 heterocycles. The van der Waals surface area contributed by atoms with E-state index in [4.69, 9.17) is 0 Å². The van der Waals surface area contributed by atoms with Gasteiger partial charge in [0.15, 0.2) is 0 Å². The van der Waals surface area contributed by atoms with Gasteiger partial charge < -0.3 is 5.11 Å². The van der Waals surface area contributed by atoms with Crippen LogP contribution >= 0.6 is 0 Å². The van der Waals surface area contributed by atoms with Crippen LogP contribution in [0.1, 0.15) is 11.1 Å². The summed E-state index contributed by atoms with van der Waals surface area (Å²) in [5.74, 6) is -1.39. The first kappa shape index (κ1) is 18.9. The van der Waals surface area contributed by atoms with E-state index >= 15 is 0 Å². The van der Waals surface area contributed by atoms with Crippen molar-refractivity contribution in [3.63, 3.8) is 0 Å². The Morgan fingerprint density at radius 2 is 1.60 bits per heavy atom. The second-order valence-corrected chi connectivity index (χ2v) is 6.94. The van der Waals surface area contributed by atoms with Crippen LogP contribution in [0.4, 0.5) is 13.2 Å². The zero-order valence-corrected chi connectivity index (χ0v) is 13.5. The van der Waals surface area contributed by atoms with Gasteiger partial charge in [-0.15, -0.1) is 0 Å². The van der Waals surface area contributed by atoms with Gasteiger partial charge in [0, 0.05) is 0 Å². The lowest BCUT2D eigenvalue weighted by Gasteiger charge is -2.15. The second-order valence-electron chi connectivity index (χ2n) is 5.22. The Morgan fingerprint density at radius 1 is 1.04 bits per heavy atom. The molecule has 2 aromatic rings. The molecule has 0 spiro atoms. The maximum Gasteiger partial charge on any atom is 0.416 e. The number of carboxylic acids is 1. The topological polar surface area (TPSA) is 83.5 Å². The number of aliphatic carboxylic acids is 1. The minimum atomic E-state index is -4.59. The van der Waals surface area contributed by atoms with Crippen LogP contribution in [0.25, 0.3) is 0 Å². The average Bonchev–Trinajstić information content (AvgIpc) is 2.54. The van der Waals surface area contributed by atoms with Crippen LogP contribution < -0.4 is 4.72 Å². The van der Waals surface area contributed by atoms with Crippen molar-refractivity contribution >= 4 is 16.0 Å². The highest BCUT2D eigenvalue weighted by atomic mass is 32.2. The Bertz CT molecular complexity index is 834. The van der Waals surface area contributed by atoms with E-state index in [2.05, 4.69) is 0 Å². The molecule has 0 bridgehead atoms. The van der Waals surface area contributed by atoms with Crippen LogP contribution in [-0.4, -0.2) is 25.5 Å². The molecular weight excluding hydrogens is 359 g/mol. The van der Waals surface area contributed by atoms with Crippen molar-refractivity contribution in [2.75, 3.05) is 0 Å². The fraction of sp³-hybridized carbons (Fsp3) is 0.188. The van der Waals surface area contributed by atoms with Crippen LogP contribution in [0.5, 0.6) is 0 Å². The highest BCUT2D eigenvalue weighted by Crippen LogP contribution is 2.29. The number of carboxylic acid groups (broad SMARTS) is 1. The van der Waals surface area contributed by atoms with Crippen molar-refractivity contribution in [2.24, 2.45) is 0 Å². The first-order chi connectivity index (χ1) is 11.6. The zero-order valence-electron chi connectivity index (χ0n) is 12.7. The van der Waals surface area contributed by atoms with Crippen LogP contribution in [0.3, 0.4) is 0 Å². The quantitative estimate of drug-likeness (QED) is 0.816. The van der Waals surface area contributed by atoms with E-state index in [1.807, 2.05) is 4.72 Å². The van der Waals surface area contributed by atoms with Gasteiger partial charge in [-0.3, -0.25) is 4.79 Å². The number of rotatable bonds is 6. The van der Waals surface area contributed by atoms with Crippen LogP contribution in [0.2, 0.25) is 0 Å². The van der Waals surface area contributed by atoms with Gasteiger partial charge in [0.2, 0.25) is 10.0 Å². The van der Waals surface area contributed by atoms with Crippen LogP contribution in [0.15, 0.2) is 59.5 Å². The van der Waals surface area contributed by atoms with Gasteiger partial charge in [0.1, 0.15) is 6.04 Å². The largest absolute Gasteiger partial charge is 0.480 e. The molecule has 2 aromatic carbocycles. The first-order valence-electron chi connectivity index (χ1n) is 7.06. The molecule has 0 fully saturated rings. The molecule has 0 radical (unpaired) electrons. The molecule has 1 atom stereocenters. The number of nitrogens with one attached hydrogen (secondary N) is 1. The summed E-state index contributed by atoms with van der Waals surface area (Å²) in [5, 5.41) is 9.22. The molecule has 0 aliphatic carbocycles. The van der Waals surface area contributed by atoms with E-state index in [1.54, 1.807) is 30.3 Å². The lowest BCUT2D eigenvalue weighted by atomic mass is 10.1. The normalized spacial score (nSPS) is 13.4. The highest BCUT2D eigenvalue weighted by molar-refractivity contribution is 7.89. The lowest BCUT2D eigenvalue weighted by molar-refractivity contribution is -0.139. The molecular formula is C16H14F3NO4S. The van der Waals surface area contributed by atoms with Crippen molar-refractivity contribution in [1.82, 2.24) is 4.72 Å². The van der Waals surface area contributed by atoms with Gasteiger partial charge in [-0.25, -0.2) is 8.42 Å². The summed E-state index contributed by atoms with van der Waals surface area (Å²) >= 11 is 0. The van der Waals surface area contributed by atoms with Crippen molar-refractivity contribution in [2.45, 2.75) is 23.5 Å². The molecule has 0 unspecified atom stereocenters. The van der Waals surface area contributed by atoms with E-state index in [0.29, 0.717) is 17.7 Å². The molecule has 25 heavy (non-hydrogen) atoms. The van der Waals surface area contributed by atoms with E-state index in [-0.39, 0.29) is 6.42 Å². The van der Waals surface area contributed by atoms with Gasteiger partial charge in [-0.05, 0) is 36.2 Å². The second kappa shape index (κ2) is 7.24. The Morgan fingerprint density at radius 3 is 2.08 bits per heavy atom. The van der Waals surface area contributed by atoms with Gasteiger partial charge in [-0.2, -0.15) is 17.9 Å². The molecule has 0 aliphatic heterocycles. The molecule has 0 saturated heterocycles. The molecule has 5 nitrogen and oxygen atoms in total. The van der Waals surface area contributed by atoms with Gasteiger partial charge in [0.25, 0.3) is 0 Å². The summed E-state index contributed by atoms with van der Waals surface area (Å²) in [6.45, 7) is 0. The molecule has 134 valence electrons. The molecule has 9 heteroatoms. The Kier molecular flexibility index (Phi) is 5.48. The maximum absolute atomic E-state index is 12.5. The van der Waals surface area contributed by atoms with Crippen LogP contribution in [-0.2, 0) is 27.4 Å². The number of benzene rings is 2. The monoisotopic (exact) mass is 373 g/mol. The molecule has 0 saturated carbocycles. The average molecular weight is 373 g/mol. The van der Waals surface area contributed by atoms with E-state index in [9.17, 15) is 31.5 Å². The van der Waals surface area contributed by atoms with Gasteiger partial charge >= 0.3 is 12.1 Å². The van der Waals surface area contributed by atoms with E-state index < -0.39 is 38.7 Å². The standard InChI is InChI=1S/C16H14F3NO4S/c17-16(18,19)12-6-8-13(9-7-12)25(23,24)20-14(15(21)22)10-11-4-2-1-3-5-11/h1-9,14,20H,10H2,(H,21,22)/t14-/m0/s1. The number of alkyl halides is 3. The number of carbonyl (C=O) groups is 1. The van der Waals surface area contributed by atoms with Crippen molar-refractivity contribution in [3.8, 4) is 0 Å². The lowest BCUT2D eigenvalue weighted by Crippen LogP contribution is -2.42. The summed E-state index contributed by atoms with van der Waals surface area (Å²) in [4.78, 5) is 10.9. The third kappa shape index (κ3) is 5.04. The first-order valence-corrected chi connectivity index (χ1v) is 8.54. The summed E-state index contributed by atoms with van der Waals surface area (Å²) in [6, 6.07) is 9.74. The fourth-order valence-corrected chi connectivity index (χ4v) is 3.30. The van der Waals surface area contributed by atoms with Crippen LogP contribution in [0, 0.1) is 0 Å². The highest BCUT2D eigenvalue weighted by Gasteiger charge is 2.31. The Labute approximate surface area is 142 Å². The predicted octanol–water partition coefficient (Wildman–Crippen LogP) is 2.68. The third-order valence-corrected chi connectivity index (χ3v) is 4.86. The molecule has 2 rings (SSSR count). The van der Waals surface area contributed by atoms with Gasteiger partial charge in [-0.1, -0.05) is 30.3 Å². The minimum absolute atomic E-state index is 0.101. The predicted molar refractivity (Wildman–Crippen MR) is 83.3 cm³/mol. The number of halogens is 3. The van der Waals surface area contributed by atoms with E-state index in [1.165, 1.54) is 0 Å². The van der Waals surface area contributed by atoms with E-state index in [0.717, 1.165) is 12.1 Å². The van der Waals surface area contributed by atoms with Crippen molar-refractivity contribution in [3.05, 3.63) is 65.7 Å². The third-order valence-electron chi connectivity index (χ3n) is 3.37. The summed E-state index contributed by atoms with van der Waals surface area (Å²) in [7, 11) is -4.29. The summed E-state index contributed by atoms with van der Waals surface area (Å²) < 4.78 is 64.1. The smallest absolute Gasteiger partial charge is 0.416 e. The zero-order chi connectivity index (χ0) is 18.7.